The molecule has 0 bridgehead atoms. The largest absolute Gasteiger partial charge is 0.497 e. The molecule has 1 unspecified atom stereocenters. The van der Waals surface area contributed by atoms with Gasteiger partial charge in [-0.1, -0.05) is 19.1 Å². The Hall–Kier alpha value is -2.63. The van der Waals surface area contributed by atoms with Gasteiger partial charge in [-0.15, -0.1) is 0 Å². The standard InChI is InChI=1S/C21H28N4O2/c1-3-17-6-4-5-15-25(17)21-23-14-12-19(24-21)20(26)22-13-11-16-7-9-18(27-2)10-8-16/h7-10,12,14,17H,3-6,11,13,15H2,1-2H3,(H,22,26). The van der Waals surface area contributed by atoms with Crippen LogP contribution in [0.4, 0.5) is 5.95 Å². The molecule has 1 N–H and O–H groups in total. The van der Waals surface area contributed by atoms with Crippen molar-refractivity contribution in [3.8, 4) is 5.75 Å². The number of nitrogens with one attached hydrogen (secondary N) is 1. The molecule has 0 radical (unpaired) electrons. The number of hydrogen-bond acceptors (Lipinski definition) is 5. The molecule has 1 aromatic carbocycles. The number of aromatic nitrogens is 2. The number of ether oxygens (including phenoxy) is 1. The highest BCUT2D eigenvalue weighted by Crippen LogP contribution is 2.23. The number of anilines is 1. The molecule has 2 aromatic rings. The summed E-state index contributed by atoms with van der Waals surface area (Å²) in [5.74, 6) is 1.35. The fraction of sp³-hybridized carbons (Fsp3) is 0.476. The van der Waals surface area contributed by atoms with Gasteiger partial charge < -0.3 is 15.0 Å². The lowest BCUT2D eigenvalue weighted by Gasteiger charge is -2.35. The van der Waals surface area contributed by atoms with Crippen molar-refractivity contribution >= 4 is 11.9 Å². The second kappa shape index (κ2) is 9.35. The van der Waals surface area contributed by atoms with Crippen LogP contribution < -0.4 is 15.0 Å². The molecule has 1 aliphatic heterocycles. The van der Waals surface area contributed by atoms with E-state index in [2.05, 4.69) is 27.1 Å². The van der Waals surface area contributed by atoms with E-state index in [9.17, 15) is 4.79 Å². The Balaban J connectivity index is 1.58. The monoisotopic (exact) mass is 368 g/mol. The molecule has 144 valence electrons. The summed E-state index contributed by atoms with van der Waals surface area (Å²) < 4.78 is 5.16. The summed E-state index contributed by atoms with van der Waals surface area (Å²) in [6.07, 6.45) is 7.08. The van der Waals surface area contributed by atoms with E-state index in [0.717, 1.165) is 43.5 Å². The lowest BCUT2D eigenvalue weighted by atomic mass is 10.0. The second-order valence-electron chi connectivity index (χ2n) is 6.85. The molecular formula is C21H28N4O2. The molecule has 1 aromatic heterocycles. The minimum atomic E-state index is -0.155. The Bertz CT molecular complexity index is 748. The average molecular weight is 368 g/mol. The molecule has 0 aliphatic carbocycles. The number of rotatable bonds is 7. The van der Waals surface area contributed by atoms with Crippen LogP contribution in [-0.4, -0.2) is 42.1 Å². The first-order valence-electron chi connectivity index (χ1n) is 9.72. The summed E-state index contributed by atoms with van der Waals surface area (Å²) in [6, 6.07) is 10.0. The second-order valence-corrected chi connectivity index (χ2v) is 6.85. The van der Waals surface area contributed by atoms with Crippen molar-refractivity contribution in [2.75, 3.05) is 25.1 Å². The smallest absolute Gasteiger partial charge is 0.270 e. The number of carbonyl (C=O) groups is 1. The minimum absolute atomic E-state index is 0.155. The highest BCUT2D eigenvalue weighted by atomic mass is 16.5. The first kappa shape index (κ1) is 19.1. The van der Waals surface area contributed by atoms with Gasteiger partial charge >= 0.3 is 0 Å². The molecule has 6 nitrogen and oxygen atoms in total. The Morgan fingerprint density at radius 2 is 2.07 bits per heavy atom. The van der Waals surface area contributed by atoms with Gasteiger partial charge in [-0.25, -0.2) is 9.97 Å². The Morgan fingerprint density at radius 3 is 2.81 bits per heavy atom. The van der Waals surface area contributed by atoms with Gasteiger partial charge in [-0.05, 0) is 55.9 Å². The third-order valence-electron chi connectivity index (χ3n) is 5.09. The van der Waals surface area contributed by atoms with E-state index >= 15 is 0 Å². The summed E-state index contributed by atoms with van der Waals surface area (Å²) in [4.78, 5) is 23.7. The van der Waals surface area contributed by atoms with E-state index in [4.69, 9.17) is 4.74 Å². The molecule has 1 fully saturated rings. The number of methoxy groups -OCH3 is 1. The number of benzene rings is 1. The van der Waals surface area contributed by atoms with Crippen LogP contribution in [0.15, 0.2) is 36.5 Å². The zero-order valence-corrected chi connectivity index (χ0v) is 16.1. The Kier molecular flexibility index (Phi) is 6.63. The maximum absolute atomic E-state index is 12.5. The zero-order chi connectivity index (χ0) is 19.1. The van der Waals surface area contributed by atoms with Gasteiger partial charge in [0.05, 0.1) is 7.11 Å². The predicted molar refractivity (Wildman–Crippen MR) is 106 cm³/mol. The molecule has 1 aliphatic rings. The minimum Gasteiger partial charge on any atom is -0.497 e. The van der Waals surface area contributed by atoms with Crippen molar-refractivity contribution in [2.24, 2.45) is 0 Å². The van der Waals surface area contributed by atoms with Crippen molar-refractivity contribution in [1.29, 1.82) is 0 Å². The molecule has 0 saturated carbocycles. The number of hydrogen-bond donors (Lipinski definition) is 1. The number of piperidine rings is 1. The summed E-state index contributed by atoms with van der Waals surface area (Å²) in [6.45, 7) is 3.71. The average Bonchev–Trinajstić information content (AvgIpc) is 2.74. The predicted octanol–water partition coefficient (Wildman–Crippen LogP) is 3.23. The van der Waals surface area contributed by atoms with Crippen LogP contribution in [0.5, 0.6) is 5.75 Å². The van der Waals surface area contributed by atoms with Crippen LogP contribution in [-0.2, 0) is 6.42 Å². The summed E-state index contributed by atoms with van der Waals surface area (Å²) in [7, 11) is 1.65. The molecule has 2 heterocycles. The highest BCUT2D eigenvalue weighted by Gasteiger charge is 2.23. The highest BCUT2D eigenvalue weighted by molar-refractivity contribution is 5.92. The normalized spacial score (nSPS) is 16.8. The third kappa shape index (κ3) is 4.96. The Labute approximate surface area is 161 Å². The zero-order valence-electron chi connectivity index (χ0n) is 16.1. The van der Waals surface area contributed by atoms with Gasteiger partial charge in [-0.2, -0.15) is 0 Å². The van der Waals surface area contributed by atoms with Gasteiger partial charge in [0.25, 0.3) is 5.91 Å². The fourth-order valence-electron chi connectivity index (χ4n) is 3.50. The van der Waals surface area contributed by atoms with Crippen molar-refractivity contribution < 1.29 is 9.53 Å². The molecule has 6 heteroatoms. The van der Waals surface area contributed by atoms with Gasteiger partial charge in [0.2, 0.25) is 5.95 Å². The fourth-order valence-corrected chi connectivity index (χ4v) is 3.50. The summed E-state index contributed by atoms with van der Waals surface area (Å²) in [5, 5.41) is 2.95. The number of nitrogens with zero attached hydrogens (tertiary/aromatic N) is 3. The van der Waals surface area contributed by atoms with Gasteiger partial charge in [0.1, 0.15) is 11.4 Å². The number of amides is 1. The molecular weight excluding hydrogens is 340 g/mol. The molecule has 1 saturated heterocycles. The van der Waals surface area contributed by atoms with Crippen LogP contribution in [0.1, 0.15) is 48.7 Å². The lowest BCUT2D eigenvalue weighted by Crippen LogP contribution is -2.40. The van der Waals surface area contributed by atoms with Crippen molar-refractivity contribution in [2.45, 2.75) is 45.1 Å². The SMILES string of the molecule is CCC1CCCCN1c1nccc(C(=O)NCCc2ccc(OC)cc2)n1. The summed E-state index contributed by atoms with van der Waals surface area (Å²) in [5.41, 5.74) is 1.58. The molecule has 0 spiro atoms. The topological polar surface area (TPSA) is 67.4 Å². The van der Waals surface area contributed by atoms with E-state index in [0.29, 0.717) is 24.2 Å². The maximum Gasteiger partial charge on any atom is 0.270 e. The van der Waals surface area contributed by atoms with Gasteiger partial charge in [0.15, 0.2) is 0 Å². The molecule has 1 atom stereocenters. The molecule has 3 rings (SSSR count). The van der Waals surface area contributed by atoms with Crippen LogP contribution in [0.25, 0.3) is 0 Å². The van der Waals surface area contributed by atoms with Crippen molar-refractivity contribution in [3.63, 3.8) is 0 Å². The van der Waals surface area contributed by atoms with E-state index < -0.39 is 0 Å². The van der Waals surface area contributed by atoms with Crippen LogP contribution in [0.2, 0.25) is 0 Å². The first-order valence-corrected chi connectivity index (χ1v) is 9.72. The first-order chi connectivity index (χ1) is 13.2. The number of carbonyl (C=O) groups excluding carboxylic acids is 1. The Morgan fingerprint density at radius 1 is 1.26 bits per heavy atom. The van der Waals surface area contributed by atoms with E-state index in [1.165, 1.54) is 6.42 Å². The van der Waals surface area contributed by atoms with Crippen LogP contribution >= 0.6 is 0 Å². The third-order valence-corrected chi connectivity index (χ3v) is 5.09. The summed E-state index contributed by atoms with van der Waals surface area (Å²) >= 11 is 0. The van der Waals surface area contributed by atoms with Crippen molar-refractivity contribution in [3.05, 3.63) is 47.8 Å². The lowest BCUT2D eigenvalue weighted by molar-refractivity contribution is 0.0949. The quantitative estimate of drug-likeness (QED) is 0.813. The van der Waals surface area contributed by atoms with Gasteiger partial charge in [-0.3, -0.25) is 4.79 Å². The molecule has 1 amide bonds. The van der Waals surface area contributed by atoms with Crippen LogP contribution in [0, 0.1) is 0 Å². The molecule has 27 heavy (non-hydrogen) atoms. The van der Waals surface area contributed by atoms with E-state index in [-0.39, 0.29) is 5.91 Å². The van der Waals surface area contributed by atoms with Crippen LogP contribution in [0.3, 0.4) is 0 Å². The van der Waals surface area contributed by atoms with E-state index in [1.54, 1.807) is 19.4 Å². The van der Waals surface area contributed by atoms with Crippen molar-refractivity contribution in [1.82, 2.24) is 15.3 Å². The van der Waals surface area contributed by atoms with E-state index in [1.807, 2.05) is 24.3 Å². The van der Waals surface area contributed by atoms with Gasteiger partial charge in [0, 0.05) is 25.3 Å². The maximum atomic E-state index is 12.5.